The van der Waals surface area contributed by atoms with Gasteiger partial charge in [0.05, 0.1) is 12.7 Å². The van der Waals surface area contributed by atoms with Gasteiger partial charge >= 0.3 is 5.97 Å². The van der Waals surface area contributed by atoms with Crippen molar-refractivity contribution in [2.75, 3.05) is 13.2 Å². The lowest BCUT2D eigenvalue weighted by Crippen LogP contribution is -2.57. The van der Waals surface area contributed by atoms with E-state index in [1.807, 2.05) is 6.92 Å². The predicted octanol–water partition coefficient (Wildman–Crippen LogP) is 2.66. The van der Waals surface area contributed by atoms with Crippen LogP contribution in [-0.4, -0.2) is 36.9 Å². The number of rotatable bonds is 7. The SMILES string of the molecule is CCOC(=O)C1(NC2CC2)CCCC(OCC(C)C)C1. The molecule has 0 spiro atoms. The van der Waals surface area contributed by atoms with Crippen molar-refractivity contribution in [3.05, 3.63) is 0 Å². The summed E-state index contributed by atoms with van der Waals surface area (Å²) in [7, 11) is 0. The van der Waals surface area contributed by atoms with E-state index in [1.165, 1.54) is 12.8 Å². The van der Waals surface area contributed by atoms with Gasteiger partial charge in [-0.1, -0.05) is 13.8 Å². The highest BCUT2D eigenvalue weighted by Gasteiger charge is 2.47. The number of esters is 1. The second-order valence-electron chi connectivity index (χ2n) is 6.67. The lowest BCUT2D eigenvalue weighted by molar-refractivity contribution is -0.155. The minimum atomic E-state index is -0.503. The predicted molar refractivity (Wildman–Crippen MR) is 78.6 cm³/mol. The Bertz CT molecular complexity index is 328. The van der Waals surface area contributed by atoms with E-state index < -0.39 is 5.54 Å². The fourth-order valence-corrected chi connectivity index (χ4v) is 2.96. The van der Waals surface area contributed by atoms with Gasteiger partial charge in [-0.05, 0) is 44.9 Å². The van der Waals surface area contributed by atoms with E-state index in [1.54, 1.807) is 0 Å². The Labute approximate surface area is 122 Å². The van der Waals surface area contributed by atoms with Gasteiger partial charge in [-0.25, -0.2) is 0 Å². The van der Waals surface area contributed by atoms with E-state index in [0.717, 1.165) is 32.3 Å². The average Bonchev–Trinajstić information content (AvgIpc) is 3.21. The summed E-state index contributed by atoms with van der Waals surface area (Å²) in [6, 6.07) is 0.503. The number of carbonyl (C=O) groups is 1. The highest BCUT2D eigenvalue weighted by atomic mass is 16.5. The molecular weight excluding hydrogens is 254 g/mol. The Morgan fingerprint density at radius 2 is 2.10 bits per heavy atom. The molecule has 2 unspecified atom stereocenters. The van der Waals surface area contributed by atoms with Crippen LogP contribution in [0.3, 0.4) is 0 Å². The first kappa shape index (κ1) is 15.8. The standard InChI is InChI=1S/C16H29NO3/c1-4-19-15(18)16(17-13-7-8-13)9-5-6-14(10-16)20-11-12(2)3/h12-14,17H,4-11H2,1-3H3. The molecule has 0 aliphatic heterocycles. The van der Waals surface area contributed by atoms with E-state index in [2.05, 4.69) is 19.2 Å². The van der Waals surface area contributed by atoms with Crippen molar-refractivity contribution in [2.45, 2.75) is 77.0 Å². The maximum Gasteiger partial charge on any atom is 0.326 e. The van der Waals surface area contributed by atoms with Gasteiger partial charge in [0.2, 0.25) is 0 Å². The summed E-state index contributed by atoms with van der Waals surface area (Å²) in [5, 5.41) is 3.55. The summed E-state index contributed by atoms with van der Waals surface area (Å²) in [6.45, 7) is 7.41. The second kappa shape index (κ2) is 6.90. The van der Waals surface area contributed by atoms with Gasteiger partial charge in [0.15, 0.2) is 0 Å². The van der Waals surface area contributed by atoms with Crippen molar-refractivity contribution in [3.8, 4) is 0 Å². The number of hydrogen-bond acceptors (Lipinski definition) is 4. The van der Waals surface area contributed by atoms with Gasteiger partial charge in [0, 0.05) is 19.1 Å². The molecule has 0 saturated heterocycles. The Kier molecular flexibility index (Phi) is 5.44. The molecule has 0 radical (unpaired) electrons. The lowest BCUT2D eigenvalue weighted by Gasteiger charge is -2.39. The number of nitrogens with one attached hydrogen (secondary N) is 1. The number of ether oxygens (including phenoxy) is 2. The maximum absolute atomic E-state index is 12.4. The van der Waals surface area contributed by atoms with Crippen LogP contribution >= 0.6 is 0 Å². The van der Waals surface area contributed by atoms with E-state index in [-0.39, 0.29) is 12.1 Å². The number of carbonyl (C=O) groups excluding carboxylic acids is 1. The Morgan fingerprint density at radius 3 is 2.70 bits per heavy atom. The molecule has 20 heavy (non-hydrogen) atoms. The van der Waals surface area contributed by atoms with E-state index >= 15 is 0 Å². The maximum atomic E-state index is 12.4. The van der Waals surface area contributed by atoms with Gasteiger partial charge < -0.3 is 9.47 Å². The average molecular weight is 283 g/mol. The Balaban J connectivity index is 1.99. The summed E-state index contributed by atoms with van der Waals surface area (Å²) in [5.41, 5.74) is -0.503. The summed E-state index contributed by atoms with van der Waals surface area (Å²) < 4.78 is 11.3. The fraction of sp³-hybridized carbons (Fsp3) is 0.938. The zero-order valence-electron chi connectivity index (χ0n) is 13.1. The largest absolute Gasteiger partial charge is 0.465 e. The minimum absolute atomic E-state index is 0.0789. The van der Waals surface area contributed by atoms with Gasteiger partial charge in [0.1, 0.15) is 5.54 Å². The van der Waals surface area contributed by atoms with Crippen molar-refractivity contribution in [2.24, 2.45) is 5.92 Å². The summed E-state index contributed by atoms with van der Waals surface area (Å²) in [6.07, 6.45) is 6.26. The number of hydrogen-bond donors (Lipinski definition) is 1. The molecule has 2 rings (SSSR count). The van der Waals surface area contributed by atoms with Crippen molar-refractivity contribution in [1.29, 1.82) is 0 Å². The smallest absolute Gasteiger partial charge is 0.326 e. The summed E-state index contributed by atoms with van der Waals surface area (Å²) >= 11 is 0. The third-order valence-corrected chi connectivity index (χ3v) is 4.09. The van der Waals surface area contributed by atoms with Gasteiger partial charge in [-0.15, -0.1) is 0 Å². The van der Waals surface area contributed by atoms with Crippen LogP contribution in [0.25, 0.3) is 0 Å². The van der Waals surface area contributed by atoms with E-state index in [9.17, 15) is 4.79 Å². The lowest BCUT2D eigenvalue weighted by atomic mass is 9.79. The van der Waals surface area contributed by atoms with Crippen molar-refractivity contribution in [1.82, 2.24) is 5.32 Å². The molecule has 0 aromatic rings. The van der Waals surface area contributed by atoms with Crippen molar-refractivity contribution in [3.63, 3.8) is 0 Å². The Hall–Kier alpha value is -0.610. The van der Waals surface area contributed by atoms with E-state index in [4.69, 9.17) is 9.47 Å². The molecule has 4 heteroatoms. The van der Waals surface area contributed by atoms with Crippen LogP contribution in [0.1, 0.15) is 59.3 Å². The molecule has 2 aliphatic rings. The van der Waals surface area contributed by atoms with Crippen LogP contribution in [0.2, 0.25) is 0 Å². The third kappa shape index (κ3) is 4.19. The molecule has 0 aromatic carbocycles. The molecule has 1 N–H and O–H groups in total. The fourth-order valence-electron chi connectivity index (χ4n) is 2.96. The molecule has 2 saturated carbocycles. The van der Waals surface area contributed by atoms with Crippen LogP contribution in [-0.2, 0) is 14.3 Å². The molecule has 116 valence electrons. The first-order valence-electron chi connectivity index (χ1n) is 8.12. The normalized spacial score (nSPS) is 30.5. The zero-order chi connectivity index (χ0) is 14.6. The van der Waals surface area contributed by atoms with Gasteiger partial charge in [0.25, 0.3) is 0 Å². The molecule has 0 amide bonds. The monoisotopic (exact) mass is 283 g/mol. The van der Waals surface area contributed by atoms with Crippen LogP contribution < -0.4 is 5.32 Å². The molecule has 0 heterocycles. The molecule has 2 aliphatic carbocycles. The summed E-state index contributed by atoms with van der Waals surface area (Å²) in [5.74, 6) is 0.454. The van der Waals surface area contributed by atoms with Crippen LogP contribution in [0.15, 0.2) is 0 Å². The van der Waals surface area contributed by atoms with Crippen LogP contribution in [0, 0.1) is 5.92 Å². The molecular formula is C16H29NO3. The van der Waals surface area contributed by atoms with Crippen LogP contribution in [0.5, 0.6) is 0 Å². The Morgan fingerprint density at radius 1 is 1.35 bits per heavy atom. The van der Waals surface area contributed by atoms with Crippen molar-refractivity contribution >= 4 is 5.97 Å². The van der Waals surface area contributed by atoms with Crippen molar-refractivity contribution < 1.29 is 14.3 Å². The van der Waals surface area contributed by atoms with Gasteiger partial charge in [-0.3, -0.25) is 10.1 Å². The third-order valence-electron chi connectivity index (χ3n) is 4.09. The highest BCUT2D eigenvalue weighted by Crippen LogP contribution is 2.35. The zero-order valence-corrected chi connectivity index (χ0v) is 13.1. The van der Waals surface area contributed by atoms with Crippen LogP contribution in [0.4, 0.5) is 0 Å². The highest BCUT2D eigenvalue weighted by molar-refractivity contribution is 5.81. The first-order valence-corrected chi connectivity index (χ1v) is 8.12. The van der Waals surface area contributed by atoms with E-state index in [0.29, 0.717) is 18.6 Å². The molecule has 2 atom stereocenters. The quantitative estimate of drug-likeness (QED) is 0.730. The first-order chi connectivity index (χ1) is 9.55. The molecule has 2 fully saturated rings. The molecule has 4 nitrogen and oxygen atoms in total. The summed E-state index contributed by atoms with van der Waals surface area (Å²) in [4.78, 5) is 12.4. The molecule has 0 bridgehead atoms. The topological polar surface area (TPSA) is 47.6 Å². The van der Waals surface area contributed by atoms with Gasteiger partial charge in [-0.2, -0.15) is 0 Å². The molecule has 0 aromatic heterocycles. The minimum Gasteiger partial charge on any atom is -0.465 e. The second-order valence-corrected chi connectivity index (χ2v) is 6.67.